The molecule has 0 aliphatic carbocycles. The summed E-state index contributed by atoms with van der Waals surface area (Å²) in [5, 5.41) is 9.50. The van der Waals surface area contributed by atoms with Crippen molar-refractivity contribution in [3.63, 3.8) is 0 Å². The summed E-state index contributed by atoms with van der Waals surface area (Å²) in [4.78, 5) is 17.1. The molecule has 0 bridgehead atoms. The van der Waals surface area contributed by atoms with Crippen LogP contribution in [0.3, 0.4) is 0 Å². The lowest BCUT2D eigenvalue weighted by atomic mass is 10.4. The number of alkyl halides is 2. The van der Waals surface area contributed by atoms with Crippen LogP contribution < -0.4 is 0 Å². The molecule has 0 saturated carbocycles. The fourth-order valence-corrected chi connectivity index (χ4v) is 6.27. The second-order valence-electron chi connectivity index (χ2n) is 6.23. The normalized spacial score (nSPS) is 14.5. The Morgan fingerprint density at radius 3 is 1.59 bits per heavy atom. The lowest BCUT2D eigenvalue weighted by Crippen LogP contribution is -1.98. The van der Waals surface area contributed by atoms with Gasteiger partial charge in [0, 0.05) is 21.5 Å². The summed E-state index contributed by atoms with van der Waals surface area (Å²) in [6, 6.07) is 0. The lowest BCUT2D eigenvalue weighted by Gasteiger charge is -2.10. The van der Waals surface area contributed by atoms with Crippen LogP contribution in [-0.4, -0.2) is 19.9 Å². The molecule has 0 aliphatic rings. The lowest BCUT2D eigenvalue weighted by molar-refractivity contribution is 0.00970. The number of hydrogen-bond donors (Lipinski definition) is 0. The monoisotopic (exact) mass is 534 g/mol. The van der Waals surface area contributed by atoms with E-state index in [2.05, 4.69) is 19.9 Å². The van der Waals surface area contributed by atoms with Gasteiger partial charge in [0.2, 0.25) is 12.7 Å². The van der Waals surface area contributed by atoms with Crippen LogP contribution in [0.4, 0.5) is 8.78 Å². The summed E-state index contributed by atoms with van der Waals surface area (Å²) in [5.74, 6) is 0. The van der Waals surface area contributed by atoms with Gasteiger partial charge in [-0.05, 0) is 12.8 Å². The predicted molar refractivity (Wildman–Crippen MR) is 124 cm³/mol. The Morgan fingerprint density at radius 1 is 0.781 bits per heavy atom. The molecule has 0 radical (unpaired) electrons. The molecule has 0 amide bonds. The van der Waals surface area contributed by atoms with E-state index >= 15 is 0 Å². The number of thiazole rings is 4. The molecule has 0 N–H and O–H groups in total. The standard InChI is InChI=1S/C18H17F2N4O3PS4/c1-3-13-21-11(7-29-13)17-23-9(5-31-17)15(19)26-28(25)27-16(20)10-6-32-18(24-10)12-8-30-14(4-2)22-12/h5-8,15-16,28H,3-4H2,1-2H3. The molecule has 4 aromatic heterocycles. The van der Waals surface area contributed by atoms with Gasteiger partial charge in [-0.1, -0.05) is 13.8 Å². The molecule has 0 aliphatic heterocycles. The van der Waals surface area contributed by atoms with Gasteiger partial charge in [0.1, 0.15) is 32.8 Å². The summed E-state index contributed by atoms with van der Waals surface area (Å²) < 4.78 is 50.3. The maximum absolute atomic E-state index is 14.4. The average molecular weight is 535 g/mol. The van der Waals surface area contributed by atoms with Crippen LogP contribution in [0, 0.1) is 0 Å². The van der Waals surface area contributed by atoms with Gasteiger partial charge in [-0.3, -0.25) is 13.6 Å². The molecule has 170 valence electrons. The highest BCUT2D eigenvalue weighted by Gasteiger charge is 2.24. The van der Waals surface area contributed by atoms with Crippen LogP contribution >= 0.6 is 53.6 Å². The number of halogens is 2. The van der Waals surface area contributed by atoms with Crippen molar-refractivity contribution in [1.29, 1.82) is 0 Å². The fraction of sp³-hybridized carbons (Fsp3) is 0.333. The summed E-state index contributed by atoms with van der Waals surface area (Å²) in [6.45, 7) is 3.98. The van der Waals surface area contributed by atoms with Crippen molar-refractivity contribution >= 4 is 53.6 Å². The quantitative estimate of drug-likeness (QED) is 0.202. The Kier molecular flexibility index (Phi) is 7.87. The van der Waals surface area contributed by atoms with Gasteiger partial charge >= 0.3 is 8.25 Å². The van der Waals surface area contributed by atoms with Crippen molar-refractivity contribution in [3.8, 4) is 21.4 Å². The summed E-state index contributed by atoms with van der Waals surface area (Å²) >= 11 is 5.37. The number of aromatic nitrogens is 4. The van der Waals surface area contributed by atoms with Crippen molar-refractivity contribution in [1.82, 2.24) is 19.9 Å². The minimum absolute atomic E-state index is 0.0698. The first-order valence-electron chi connectivity index (χ1n) is 9.42. The third kappa shape index (κ3) is 5.53. The van der Waals surface area contributed by atoms with Crippen LogP contribution in [0.2, 0.25) is 0 Å². The Labute approximate surface area is 199 Å². The van der Waals surface area contributed by atoms with Gasteiger partial charge < -0.3 is 0 Å². The van der Waals surface area contributed by atoms with Crippen molar-refractivity contribution in [2.75, 3.05) is 0 Å². The highest BCUT2D eigenvalue weighted by atomic mass is 32.1. The molecule has 0 saturated heterocycles. The van der Waals surface area contributed by atoms with Gasteiger partial charge in [-0.15, -0.1) is 45.3 Å². The number of aryl methyl sites for hydroxylation is 2. The third-order valence-corrected chi connectivity index (χ3v) is 8.61. The first-order valence-corrected chi connectivity index (χ1v) is 14.2. The Hall–Kier alpha value is -1.47. The van der Waals surface area contributed by atoms with Crippen LogP contribution in [-0.2, 0) is 26.5 Å². The maximum atomic E-state index is 14.4. The number of hydrogen-bond acceptors (Lipinski definition) is 11. The molecular weight excluding hydrogens is 517 g/mol. The topological polar surface area (TPSA) is 87.1 Å². The molecule has 0 aromatic carbocycles. The van der Waals surface area contributed by atoms with Gasteiger partial charge in [0.25, 0.3) is 0 Å². The minimum Gasteiger partial charge on any atom is -0.269 e. The number of rotatable bonds is 10. The SMILES string of the molecule is CCc1nc(-c2nc(C(F)O[PH](=O)OC(F)c3csc(-c4csc(CC)n4)n3)cs2)cs1. The Balaban J connectivity index is 1.34. The second-order valence-corrected chi connectivity index (χ2v) is 10.8. The first-order chi connectivity index (χ1) is 15.5. The van der Waals surface area contributed by atoms with E-state index in [4.69, 9.17) is 9.05 Å². The summed E-state index contributed by atoms with van der Waals surface area (Å²) in [5.41, 5.74) is 1.15. The van der Waals surface area contributed by atoms with E-state index in [9.17, 15) is 13.3 Å². The number of nitrogens with zero attached hydrogens (tertiary/aromatic N) is 4. The Morgan fingerprint density at radius 2 is 1.22 bits per heavy atom. The van der Waals surface area contributed by atoms with Gasteiger partial charge in [-0.2, -0.15) is 0 Å². The fourth-order valence-electron chi connectivity index (χ4n) is 2.48. The van der Waals surface area contributed by atoms with Gasteiger partial charge in [0.05, 0.1) is 10.0 Å². The minimum atomic E-state index is -3.49. The first kappa shape index (κ1) is 23.7. The zero-order valence-electron chi connectivity index (χ0n) is 16.8. The highest BCUT2D eigenvalue weighted by molar-refractivity contribution is 7.33. The molecule has 7 nitrogen and oxygen atoms in total. The molecule has 4 rings (SSSR count). The molecule has 2 unspecified atom stereocenters. The van der Waals surface area contributed by atoms with Crippen LogP contribution in [0.1, 0.15) is 48.0 Å². The van der Waals surface area contributed by atoms with Crippen molar-refractivity contribution in [2.24, 2.45) is 0 Å². The van der Waals surface area contributed by atoms with E-state index in [1.807, 2.05) is 24.6 Å². The van der Waals surface area contributed by atoms with E-state index < -0.39 is 21.0 Å². The molecule has 4 aromatic rings. The van der Waals surface area contributed by atoms with Gasteiger partial charge in [0.15, 0.2) is 0 Å². The molecule has 0 fully saturated rings. The molecule has 32 heavy (non-hydrogen) atoms. The van der Waals surface area contributed by atoms with Crippen LogP contribution in [0.5, 0.6) is 0 Å². The van der Waals surface area contributed by atoms with Crippen LogP contribution in [0.15, 0.2) is 21.5 Å². The predicted octanol–water partition coefficient (Wildman–Crippen LogP) is 7.03. The van der Waals surface area contributed by atoms with E-state index in [0.717, 1.165) is 22.9 Å². The van der Waals surface area contributed by atoms with E-state index in [1.54, 1.807) is 0 Å². The van der Waals surface area contributed by atoms with Crippen molar-refractivity contribution in [2.45, 2.75) is 39.4 Å². The summed E-state index contributed by atoms with van der Waals surface area (Å²) in [7, 11) is -3.49. The Bertz CT molecular complexity index is 1120. The zero-order chi connectivity index (χ0) is 22.7. The average Bonchev–Trinajstić information content (AvgIpc) is 3.58. The maximum Gasteiger partial charge on any atom is 0.324 e. The largest absolute Gasteiger partial charge is 0.324 e. The summed E-state index contributed by atoms with van der Waals surface area (Å²) in [6.07, 6.45) is -2.63. The van der Waals surface area contributed by atoms with Crippen LogP contribution in [0.25, 0.3) is 21.4 Å². The molecule has 2 atom stereocenters. The van der Waals surface area contributed by atoms with Gasteiger partial charge in [-0.25, -0.2) is 28.7 Å². The molecule has 14 heteroatoms. The second kappa shape index (κ2) is 10.6. The van der Waals surface area contributed by atoms with E-state index in [1.165, 1.54) is 56.1 Å². The third-order valence-electron chi connectivity index (χ3n) is 4.05. The smallest absolute Gasteiger partial charge is 0.269 e. The highest BCUT2D eigenvalue weighted by Crippen LogP contribution is 2.41. The zero-order valence-corrected chi connectivity index (χ0v) is 21.0. The molecular formula is C18H17F2N4O3PS4. The van der Waals surface area contributed by atoms with Crippen molar-refractivity contribution in [3.05, 3.63) is 42.9 Å². The van der Waals surface area contributed by atoms with E-state index in [0.29, 0.717) is 21.4 Å². The molecule has 0 spiro atoms. The van der Waals surface area contributed by atoms with Crippen molar-refractivity contribution < 1.29 is 22.4 Å². The van der Waals surface area contributed by atoms with E-state index in [-0.39, 0.29) is 11.4 Å². The molecule has 4 heterocycles.